The highest BCUT2D eigenvalue weighted by atomic mass is 79.9. The Hall–Kier alpha value is -1.97. The number of hydrogen-bond donors (Lipinski definition) is 1. The van der Waals surface area contributed by atoms with Gasteiger partial charge >= 0.3 is 0 Å². The van der Waals surface area contributed by atoms with Gasteiger partial charge in [-0.25, -0.2) is 12.8 Å². The van der Waals surface area contributed by atoms with E-state index < -0.39 is 21.7 Å². The molecule has 28 heavy (non-hydrogen) atoms. The molecule has 2 aromatic rings. The smallest absolute Gasteiger partial charge is 0.243 e. The monoisotopic (exact) mass is 469 g/mol. The molecule has 150 valence electrons. The van der Waals surface area contributed by atoms with Crippen LogP contribution in [0.3, 0.4) is 0 Å². The summed E-state index contributed by atoms with van der Waals surface area (Å²) in [5.74, 6) is -0.952. The number of carbonyl (C=O) groups excluding carboxylic acids is 1. The van der Waals surface area contributed by atoms with Crippen LogP contribution in [0.1, 0.15) is 12.8 Å². The summed E-state index contributed by atoms with van der Waals surface area (Å²) in [7, 11) is -2.47. The first-order valence-corrected chi connectivity index (χ1v) is 11.1. The molecule has 9 heteroatoms. The third kappa shape index (κ3) is 4.71. The van der Waals surface area contributed by atoms with Crippen molar-refractivity contribution in [2.75, 3.05) is 36.9 Å². The van der Waals surface area contributed by atoms with Crippen molar-refractivity contribution in [3.8, 4) is 0 Å². The Labute approximate surface area is 172 Å². The zero-order valence-electron chi connectivity index (χ0n) is 15.4. The SMILES string of the molecule is CN(CC(=O)Nc1ccc(N2CCCC2)c(F)c1)S(=O)(=O)c1ccc(Br)cc1. The van der Waals surface area contributed by atoms with Gasteiger partial charge in [-0.15, -0.1) is 0 Å². The fraction of sp³-hybridized carbons (Fsp3) is 0.316. The first-order valence-electron chi connectivity index (χ1n) is 8.83. The predicted octanol–water partition coefficient (Wildman–Crippen LogP) is 3.45. The van der Waals surface area contributed by atoms with E-state index in [4.69, 9.17) is 0 Å². The van der Waals surface area contributed by atoms with Gasteiger partial charge in [0.25, 0.3) is 0 Å². The molecule has 0 bridgehead atoms. The van der Waals surface area contributed by atoms with Crippen LogP contribution in [0.25, 0.3) is 0 Å². The van der Waals surface area contributed by atoms with Crippen LogP contribution in [0.4, 0.5) is 15.8 Å². The molecule has 0 saturated carbocycles. The van der Waals surface area contributed by atoms with Crippen molar-refractivity contribution in [3.63, 3.8) is 0 Å². The fourth-order valence-corrected chi connectivity index (χ4v) is 4.46. The van der Waals surface area contributed by atoms with Crippen molar-refractivity contribution >= 4 is 43.2 Å². The van der Waals surface area contributed by atoms with E-state index in [1.807, 2.05) is 4.90 Å². The first-order chi connectivity index (χ1) is 13.3. The molecule has 0 unspecified atom stereocenters. The van der Waals surface area contributed by atoms with E-state index in [2.05, 4.69) is 21.2 Å². The number of nitrogens with zero attached hydrogens (tertiary/aromatic N) is 2. The van der Waals surface area contributed by atoms with Gasteiger partial charge in [0.1, 0.15) is 5.82 Å². The molecule has 1 saturated heterocycles. The van der Waals surface area contributed by atoms with Crippen LogP contribution in [-0.2, 0) is 14.8 Å². The van der Waals surface area contributed by atoms with Crippen molar-refractivity contribution in [1.29, 1.82) is 0 Å². The van der Waals surface area contributed by atoms with E-state index in [0.717, 1.165) is 34.7 Å². The molecule has 2 aromatic carbocycles. The van der Waals surface area contributed by atoms with Gasteiger partial charge in [0.15, 0.2) is 0 Å². The van der Waals surface area contributed by atoms with E-state index in [1.54, 1.807) is 24.3 Å². The Morgan fingerprint density at radius 1 is 1.18 bits per heavy atom. The number of halogens is 2. The lowest BCUT2D eigenvalue weighted by Crippen LogP contribution is -2.35. The molecular weight excluding hydrogens is 449 g/mol. The summed E-state index contributed by atoms with van der Waals surface area (Å²) >= 11 is 3.25. The lowest BCUT2D eigenvalue weighted by atomic mass is 10.2. The largest absolute Gasteiger partial charge is 0.369 e. The minimum absolute atomic E-state index is 0.0898. The van der Waals surface area contributed by atoms with Crippen LogP contribution in [0, 0.1) is 5.82 Å². The summed E-state index contributed by atoms with van der Waals surface area (Å²) in [4.78, 5) is 14.3. The van der Waals surface area contributed by atoms with Gasteiger partial charge in [0.05, 0.1) is 17.1 Å². The highest BCUT2D eigenvalue weighted by molar-refractivity contribution is 9.10. The molecule has 0 aliphatic carbocycles. The number of anilines is 2. The Morgan fingerprint density at radius 3 is 2.43 bits per heavy atom. The quantitative estimate of drug-likeness (QED) is 0.703. The highest BCUT2D eigenvalue weighted by Crippen LogP contribution is 2.26. The van der Waals surface area contributed by atoms with Crippen molar-refractivity contribution in [2.45, 2.75) is 17.7 Å². The Bertz CT molecular complexity index is 961. The fourth-order valence-electron chi connectivity index (χ4n) is 3.07. The van der Waals surface area contributed by atoms with Crippen molar-refractivity contribution < 1.29 is 17.6 Å². The number of amides is 1. The average molecular weight is 470 g/mol. The standard InChI is InChI=1S/C19H21BrFN3O3S/c1-23(28(26,27)16-7-4-14(20)5-8-16)13-19(25)22-15-6-9-18(17(21)12-15)24-10-2-3-11-24/h4-9,12H,2-3,10-11,13H2,1H3,(H,22,25). The van der Waals surface area contributed by atoms with E-state index in [1.165, 1.54) is 25.2 Å². The minimum atomic E-state index is -3.80. The molecule has 0 aromatic heterocycles. The maximum Gasteiger partial charge on any atom is 0.243 e. The second kappa shape index (κ2) is 8.59. The van der Waals surface area contributed by atoms with Gasteiger partial charge in [0, 0.05) is 30.3 Å². The third-order valence-corrected chi connectivity index (χ3v) is 6.91. The van der Waals surface area contributed by atoms with Crippen molar-refractivity contribution in [2.24, 2.45) is 0 Å². The lowest BCUT2D eigenvalue weighted by molar-refractivity contribution is -0.116. The molecule has 1 aliphatic rings. The van der Waals surface area contributed by atoms with Gasteiger partial charge in [0.2, 0.25) is 15.9 Å². The molecule has 0 spiro atoms. The Balaban J connectivity index is 1.64. The summed E-state index contributed by atoms with van der Waals surface area (Å²) in [5.41, 5.74) is 0.810. The maximum absolute atomic E-state index is 14.4. The molecule has 1 heterocycles. The highest BCUT2D eigenvalue weighted by Gasteiger charge is 2.23. The van der Waals surface area contributed by atoms with Crippen LogP contribution >= 0.6 is 15.9 Å². The van der Waals surface area contributed by atoms with Gasteiger partial charge in [-0.3, -0.25) is 4.79 Å². The second-order valence-electron chi connectivity index (χ2n) is 6.62. The molecule has 1 aliphatic heterocycles. The van der Waals surface area contributed by atoms with Gasteiger partial charge < -0.3 is 10.2 Å². The predicted molar refractivity (Wildman–Crippen MR) is 110 cm³/mol. The van der Waals surface area contributed by atoms with Crippen LogP contribution < -0.4 is 10.2 Å². The third-order valence-electron chi connectivity index (χ3n) is 4.57. The van der Waals surface area contributed by atoms with Crippen molar-refractivity contribution in [1.82, 2.24) is 4.31 Å². The van der Waals surface area contributed by atoms with Crippen LogP contribution in [0.15, 0.2) is 51.8 Å². The number of hydrogen-bond acceptors (Lipinski definition) is 4. The number of sulfonamides is 1. The van der Waals surface area contributed by atoms with Crippen LogP contribution in [0.2, 0.25) is 0 Å². The number of rotatable bonds is 6. The van der Waals surface area contributed by atoms with E-state index in [-0.39, 0.29) is 11.4 Å². The maximum atomic E-state index is 14.4. The number of nitrogens with one attached hydrogen (secondary N) is 1. The topological polar surface area (TPSA) is 69.7 Å². The summed E-state index contributed by atoms with van der Waals surface area (Å²) in [5, 5.41) is 2.55. The number of likely N-dealkylation sites (N-methyl/N-ethyl adjacent to an activating group) is 1. The second-order valence-corrected chi connectivity index (χ2v) is 9.58. The minimum Gasteiger partial charge on any atom is -0.369 e. The molecule has 0 atom stereocenters. The van der Waals surface area contributed by atoms with E-state index in [9.17, 15) is 17.6 Å². The molecule has 1 N–H and O–H groups in total. The first kappa shape index (κ1) is 20.8. The molecule has 0 radical (unpaired) electrons. The molecule has 6 nitrogen and oxygen atoms in total. The zero-order chi connectivity index (χ0) is 20.3. The molecular formula is C19H21BrFN3O3S. The normalized spacial score (nSPS) is 14.5. The van der Waals surface area contributed by atoms with Crippen LogP contribution in [0.5, 0.6) is 0 Å². The summed E-state index contributed by atoms with van der Waals surface area (Å²) in [6, 6.07) is 10.7. The van der Waals surface area contributed by atoms with Gasteiger partial charge in [-0.05, 0) is 55.3 Å². The summed E-state index contributed by atoms with van der Waals surface area (Å²) < 4.78 is 41.2. The summed E-state index contributed by atoms with van der Waals surface area (Å²) in [6.45, 7) is 1.26. The molecule has 1 fully saturated rings. The average Bonchev–Trinajstić information content (AvgIpc) is 3.16. The Morgan fingerprint density at radius 2 is 1.82 bits per heavy atom. The van der Waals surface area contributed by atoms with E-state index >= 15 is 0 Å². The Kier molecular flexibility index (Phi) is 6.36. The van der Waals surface area contributed by atoms with Gasteiger partial charge in [-0.2, -0.15) is 4.31 Å². The summed E-state index contributed by atoms with van der Waals surface area (Å²) in [6.07, 6.45) is 2.08. The number of benzene rings is 2. The number of carbonyl (C=O) groups is 1. The van der Waals surface area contributed by atoms with Gasteiger partial charge in [-0.1, -0.05) is 15.9 Å². The van der Waals surface area contributed by atoms with Crippen LogP contribution in [-0.4, -0.2) is 45.3 Å². The lowest BCUT2D eigenvalue weighted by Gasteiger charge is -2.19. The van der Waals surface area contributed by atoms with Crippen molar-refractivity contribution in [3.05, 3.63) is 52.8 Å². The molecule has 1 amide bonds. The molecule has 3 rings (SSSR count). The van der Waals surface area contributed by atoms with E-state index in [0.29, 0.717) is 11.4 Å². The zero-order valence-corrected chi connectivity index (χ0v) is 17.8.